The van der Waals surface area contributed by atoms with Crippen molar-refractivity contribution < 1.29 is 19.4 Å². The van der Waals surface area contributed by atoms with Crippen LogP contribution in [0.25, 0.3) is 35.2 Å². The zero-order chi connectivity index (χ0) is 38.8. The fraction of sp³-hybridized carbons (Fsp3) is 0.478. The van der Waals surface area contributed by atoms with Gasteiger partial charge in [0.2, 0.25) is 0 Å². The van der Waals surface area contributed by atoms with Crippen LogP contribution in [0.4, 0.5) is 0 Å². The minimum Gasteiger partial charge on any atom is -0.664 e. The minimum absolute atomic E-state index is 0. The molecular weight excluding hydrogens is 697 g/mol. The zero-order valence-electron chi connectivity index (χ0n) is 34.1. The molecule has 8 nitrogen and oxygen atoms in total. The Bertz CT molecular complexity index is 2170. The first kappa shape index (κ1) is 42.4. The van der Waals surface area contributed by atoms with Gasteiger partial charge in [0.1, 0.15) is 6.61 Å². The second-order valence-electron chi connectivity index (χ2n) is 15.6. The van der Waals surface area contributed by atoms with Crippen molar-refractivity contribution >= 4 is 64.7 Å². The second-order valence-corrected chi connectivity index (χ2v) is 15.6. The molecule has 5 heterocycles. The predicted molar refractivity (Wildman–Crippen MR) is 223 cm³/mol. The molecule has 1 N–H and O–H groups in total. The topological polar surface area (TPSA) is 120 Å². The predicted octanol–water partition coefficient (Wildman–Crippen LogP) is 7.35. The van der Waals surface area contributed by atoms with Gasteiger partial charge in [0.05, 0.1) is 12.5 Å². The molecule has 9 heteroatoms. The van der Waals surface area contributed by atoms with Gasteiger partial charge in [-0.1, -0.05) is 111 Å². The van der Waals surface area contributed by atoms with Crippen LogP contribution in [0.3, 0.4) is 0 Å². The number of nitrogens with zero attached hydrogens (tertiary/aromatic N) is 4. The molecule has 3 aliphatic rings. The molecule has 4 atom stereocenters. The van der Waals surface area contributed by atoms with Gasteiger partial charge in [-0.25, -0.2) is 0 Å². The van der Waals surface area contributed by atoms with E-state index in [0.29, 0.717) is 34.6 Å². The standard InChI is InChI=1S/C46H57N4O4.Mg/c1-10-14-25(4)15-13-16-26(5)19-20-54-41(52)18-17-33-29(8)37-21-35-27(6)31(11-2)39(47-35)22-36-28(7)32(12-3)40(48-36)23-38-30(9)42-45(50-38)43(44(33)49-37)34(24-51)46(42)53;/h11,19,21-23,25,29,33-34,51H,2,10,12-18,20,24H2,1,3-9H3,(H-,49,50,53);/q-3;+2/p-1/b26-19+,36-22-,37-21-,40-23-;/t25-,29+,33+,34-;/m1./s1. The van der Waals surface area contributed by atoms with Crippen molar-refractivity contribution in [2.45, 2.75) is 107 Å². The first-order valence-corrected chi connectivity index (χ1v) is 19.9. The molecule has 2 aliphatic heterocycles. The molecule has 3 aromatic heterocycles. The van der Waals surface area contributed by atoms with Crippen LogP contribution in [-0.2, 0) is 16.0 Å². The van der Waals surface area contributed by atoms with E-state index in [9.17, 15) is 14.7 Å². The van der Waals surface area contributed by atoms with Crippen LogP contribution in [-0.4, -0.2) is 53.1 Å². The summed E-state index contributed by atoms with van der Waals surface area (Å²) >= 11 is 0. The van der Waals surface area contributed by atoms with E-state index in [2.05, 4.69) is 48.1 Å². The molecule has 1 aliphatic carbocycles. The Morgan fingerprint density at radius 1 is 0.982 bits per heavy atom. The molecule has 0 radical (unpaired) electrons. The number of carbonyl (C=O) groups is 2. The molecule has 1 saturated heterocycles. The van der Waals surface area contributed by atoms with E-state index in [-0.39, 0.29) is 66.3 Å². The van der Waals surface area contributed by atoms with E-state index in [1.807, 2.05) is 44.2 Å². The Kier molecular flexibility index (Phi) is 13.9. The number of esters is 1. The summed E-state index contributed by atoms with van der Waals surface area (Å²) in [5, 5.41) is 17.6. The van der Waals surface area contributed by atoms with Crippen LogP contribution in [0.15, 0.2) is 29.6 Å². The molecule has 1 fully saturated rings. The van der Waals surface area contributed by atoms with Crippen molar-refractivity contribution in [3.8, 4) is 0 Å². The first-order valence-electron chi connectivity index (χ1n) is 19.9. The molecule has 0 amide bonds. The number of ketones is 1. The van der Waals surface area contributed by atoms with Crippen LogP contribution < -0.4 is 25.7 Å². The minimum atomic E-state index is -0.781. The van der Waals surface area contributed by atoms with Crippen LogP contribution in [0, 0.1) is 44.4 Å². The summed E-state index contributed by atoms with van der Waals surface area (Å²) in [7, 11) is 0. The number of rotatable bonds is 14. The van der Waals surface area contributed by atoms with E-state index in [1.54, 1.807) is 0 Å². The summed E-state index contributed by atoms with van der Waals surface area (Å²) in [6.07, 6.45) is 17.2. The molecule has 6 rings (SSSR count). The van der Waals surface area contributed by atoms with Gasteiger partial charge in [-0.15, -0.1) is 33.5 Å². The average molecular weight is 753 g/mol. The van der Waals surface area contributed by atoms with Gasteiger partial charge in [0.25, 0.3) is 0 Å². The normalized spacial score (nSPS) is 22.9. The number of aliphatic hydroxyl groups is 1. The number of ether oxygens (including phenoxy) is 1. The smallest absolute Gasteiger partial charge is 0.664 e. The summed E-state index contributed by atoms with van der Waals surface area (Å²) < 4.78 is 5.70. The molecule has 55 heavy (non-hydrogen) atoms. The molecule has 8 bridgehead atoms. The average Bonchev–Trinajstić information content (AvgIpc) is 3.87. The third kappa shape index (κ3) is 8.35. The van der Waals surface area contributed by atoms with Gasteiger partial charge in [0.15, 0.2) is 5.78 Å². The van der Waals surface area contributed by atoms with Gasteiger partial charge in [-0.05, 0) is 82.8 Å². The van der Waals surface area contributed by atoms with Crippen molar-refractivity contribution in [2.75, 3.05) is 13.2 Å². The Labute approximate surface area is 342 Å². The number of hydrogen-bond donors (Lipinski definition) is 1. The van der Waals surface area contributed by atoms with Gasteiger partial charge in [0, 0.05) is 12.0 Å². The number of allylic oxidation sites excluding steroid dienone is 3. The number of carbonyl (C=O) groups excluding carboxylic acids is 2. The van der Waals surface area contributed by atoms with Crippen molar-refractivity contribution in [3.05, 3.63) is 102 Å². The Morgan fingerprint density at radius 2 is 1.71 bits per heavy atom. The summed E-state index contributed by atoms with van der Waals surface area (Å²) in [4.78, 5) is 42.5. The molecule has 0 unspecified atom stereocenters. The van der Waals surface area contributed by atoms with Crippen molar-refractivity contribution in [2.24, 2.45) is 23.7 Å². The van der Waals surface area contributed by atoms with Crippen molar-refractivity contribution in [1.29, 1.82) is 0 Å². The first-order chi connectivity index (χ1) is 25.9. The molecule has 3 aromatic rings. The largest absolute Gasteiger partial charge is 2.00 e. The van der Waals surface area contributed by atoms with Crippen molar-refractivity contribution in [1.82, 2.24) is 15.0 Å². The maximum absolute atomic E-state index is 14.1. The maximum Gasteiger partial charge on any atom is 2.00 e. The fourth-order valence-corrected chi connectivity index (χ4v) is 8.66. The van der Waals surface area contributed by atoms with E-state index in [0.717, 1.165) is 80.8 Å². The van der Waals surface area contributed by atoms with Crippen LogP contribution in [0.1, 0.15) is 141 Å². The van der Waals surface area contributed by atoms with Gasteiger partial charge in [-0.3, -0.25) is 9.59 Å². The molecule has 0 saturated carbocycles. The number of Topliss-reactive ketones (excluding diaryl/α,β-unsaturated/α-hetero) is 1. The SMILES string of the molecule is C=Cc1c2[n-]c(c1C)/C=C1\[N-]/C(=C3\c4[n-]c(c(C)c4C(=O)[C@@H]3CO)/C=c3\[n-]/c(c(C)c3CC)=C\2)[C@@H](CCC(=O)OC/C=C(\C)CCC[C@H](C)CCC)[C@@H]1C.[Mg+2]. The number of fused-ring (bicyclic) bond motifs is 7. The maximum atomic E-state index is 14.1. The van der Waals surface area contributed by atoms with Gasteiger partial charge >= 0.3 is 29.0 Å². The number of aliphatic hydroxyl groups excluding tert-OH is 1. The van der Waals surface area contributed by atoms with Crippen LogP contribution in [0.2, 0.25) is 0 Å². The third-order valence-corrected chi connectivity index (χ3v) is 12.0. The fourth-order valence-electron chi connectivity index (χ4n) is 8.66. The summed E-state index contributed by atoms with van der Waals surface area (Å²) in [6.45, 7) is 20.9. The van der Waals surface area contributed by atoms with E-state index in [1.165, 1.54) is 24.8 Å². The second kappa shape index (κ2) is 18.0. The monoisotopic (exact) mass is 752 g/mol. The van der Waals surface area contributed by atoms with Gasteiger partial charge < -0.3 is 30.1 Å². The van der Waals surface area contributed by atoms with E-state index in [4.69, 9.17) is 25.0 Å². The summed E-state index contributed by atoms with van der Waals surface area (Å²) in [6, 6.07) is 0. The Hall–Kier alpha value is -3.79. The van der Waals surface area contributed by atoms with Crippen LogP contribution in [0.5, 0.6) is 0 Å². The third-order valence-electron chi connectivity index (χ3n) is 12.0. The molecule has 0 spiro atoms. The molecule has 0 aromatic carbocycles. The van der Waals surface area contributed by atoms with Crippen molar-refractivity contribution in [3.63, 3.8) is 0 Å². The van der Waals surface area contributed by atoms with E-state index < -0.39 is 5.92 Å². The summed E-state index contributed by atoms with van der Waals surface area (Å²) in [5.74, 6) is -0.762. The molecule has 288 valence electrons. The Balaban J connectivity index is 0.00000580. The Morgan fingerprint density at radius 3 is 2.40 bits per heavy atom. The number of hydrogen-bond acceptors (Lipinski definition) is 4. The molecular formula is C46H56MgN4O4-2. The van der Waals surface area contributed by atoms with E-state index >= 15 is 0 Å². The summed E-state index contributed by atoms with van der Waals surface area (Å²) in [5.41, 5.74) is 11.7. The number of aromatic nitrogens is 3. The van der Waals surface area contributed by atoms with Gasteiger partial charge in [-0.2, -0.15) is 11.4 Å². The van der Waals surface area contributed by atoms with Crippen LogP contribution >= 0.6 is 0 Å². The zero-order valence-corrected chi connectivity index (χ0v) is 35.6. The quantitative estimate of drug-likeness (QED) is 0.104.